The van der Waals surface area contributed by atoms with Crippen molar-refractivity contribution in [2.24, 2.45) is 0 Å². The fraction of sp³-hybridized carbons (Fsp3) is 0.278. The number of aromatic nitrogens is 1. The topological polar surface area (TPSA) is 78.0 Å². The van der Waals surface area contributed by atoms with E-state index in [0.717, 1.165) is 0 Å². The fourth-order valence-electron chi connectivity index (χ4n) is 2.30. The van der Waals surface area contributed by atoms with E-state index in [1.54, 1.807) is 36.4 Å². The Morgan fingerprint density at radius 3 is 2.52 bits per heavy atom. The molecule has 0 unspecified atom stereocenters. The van der Waals surface area contributed by atoms with Crippen molar-refractivity contribution in [2.75, 3.05) is 18.1 Å². The van der Waals surface area contributed by atoms with E-state index >= 15 is 0 Å². The molecule has 1 amide bonds. The van der Waals surface area contributed by atoms with Crippen LogP contribution in [0.5, 0.6) is 11.6 Å². The lowest BCUT2D eigenvalue weighted by atomic mass is 10.2. The lowest BCUT2D eigenvalue weighted by molar-refractivity contribution is 0.0734. The highest BCUT2D eigenvalue weighted by Crippen LogP contribution is 2.23. The first kappa shape index (κ1) is 16.8. The summed E-state index contributed by atoms with van der Waals surface area (Å²) < 4.78 is 15.6. The number of rotatable bonds is 5. The lowest BCUT2D eigenvalue weighted by Gasteiger charge is -2.13. The van der Waals surface area contributed by atoms with E-state index in [-0.39, 0.29) is 12.2 Å². The number of nitrogens with zero attached hydrogens (tertiary/aromatic N) is 2. The number of carbonyl (C=O) groups excluding carboxylic acids is 2. The zero-order valence-electron chi connectivity index (χ0n) is 14.0. The Hall–Kier alpha value is -3.09. The van der Waals surface area contributed by atoms with Crippen LogP contribution in [-0.4, -0.2) is 36.3 Å². The van der Waals surface area contributed by atoms with Gasteiger partial charge in [-0.15, -0.1) is 0 Å². The second kappa shape index (κ2) is 7.21. The summed E-state index contributed by atoms with van der Waals surface area (Å²) in [6, 6.07) is 9.88. The number of pyridine rings is 1. The molecule has 1 saturated heterocycles. The molecule has 7 nitrogen and oxygen atoms in total. The van der Waals surface area contributed by atoms with Crippen LogP contribution < -0.4 is 14.4 Å². The first-order valence-corrected chi connectivity index (χ1v) is 7.92. The summed E-state index contributed by atoms with van der Waals surface area (Å²) in [7, 11) is 0. The number of hydrogen-bond donors (Lipinski definition) is 0. The van der Waals surface area contributed by atoms with Gasteiger partial charge in [-0.1, -0.05) is 0 Å². The van der Waals surface area contributed by atoms with E-state index in [1.807, 2.05) is 13.8 Å². The minimum atomic E-state index is -0.517. The van der Waals surface area contributed by atoms with Crippen LogP contribution in [-0.2, 0) is 4.74 Å². The second-order valence-corrected chi connectivity index (χ2v) is 5.70. The van der Waals surface area contributed by atoms with Crippen molar-refractivity contribution in [3.8, 4) is 11.6 Å². The van der Waals surface area contributed by atoms with Gasteiger partial charge in [0.05, 0.1) is 18.2 Å². The van der Waals surface area contributed by atoms with Crippen molar-refractivity contribution in [2.45, 2.75) is 20.0 Å². The smallest absolute Gasteiger partial charge is 0.414 e. The maximum atomic E-state index is 12.2. The molecular formula is C18H18N2O5. The summed E-state index contributed by atoms with van der Waals surface area (Å²) in [5.74, 6) is 0.314. The third-order valence-electron chi connectivity index (χ3n) is 3.45. The number of ether oxygens (including phenoxy) is 3. The molecule has 1 aromatic carbocycles. The van der Waals surface area contributed by atoms with Gasteiger partial charge < -0.3 is 14.2 Å². The fourth-order valence-corrected chi connectivity index (χ4v) is 2.30. The van der Waals surface area contributed by atoms with Crippen LogP contribution in [0.25, 0.3) is 0 Å². The molecular weight excluding hydrogens is 324 g/mol. The number of cyclic esters (lactones) is 1. The largest absolute Gasteiger partial charge is 0.475 e. The Morgan fingerprint density at radius 2 is 1.96 bits per heavy atom. The van der Waals surface area contributed by atoms with Crippen LogP contribution in [0.1, 0.15) is 24.2 Å². The molecule has 0 N–H and O–H groups in total. The van der Waals surface area contributed by atoms with Crippen LogP contribution in [0.4, 0.5) is 10.5 Å². The van der Waals surface area contributed by atoms with Crippen molar-refractivity contribution in [1.82, 2.24) is 4.98 Å². The molecule has 0 bridgehead atoms. The number of benzene rings is 1. The highest BCUT2D eigenvalue weighted by atomic mass is 16.6. The molecule has 1 aliphatic heterocycles. The monoisotopic (exact) mass is 342 g/mol. The molecule has 2 aromatic rings. The number of amides is 1. The Morgan fingerprint density at radius 1 is 1.20 bits per heavy atom. The van der Waals surface area contributed by atoms with Crippen molar-refractivity contribution in [1.29, 1.82) is 0 Å². The summed E-state index contributed by atoms with van der Waals surface area (Å²) in [6.07, 6.45) is 1.05. The van der Waals surface area contributed by atoms with Gasteiger partial charge in [-0.2, -0.15) is 0 Å². The van der Waals surface area contributed by atoms with Crippen molar-refractivity contribution < 1.29 is 23.8 Å². The van der Waals surface area contributed by atoms with Gasteiger partial charge in [-0.3, -0.25) is 4.90 Å². The van der Waals surface area contributed by atoms with Gasteiger partial charge in [-0.05, 0) is 44.2 Å². The molecule has 130 valence electrons. The minimum absolute atomic E-state index is 0.0108. The number of anilines is 1. The van der Waals surface area contributed by atoms with E-state index in [1.165, 1.54) is 11.1 Å². The number of esters is 1. The van der Waals surface area contributed by atoms with Crippen molar-refractivity contribution in [3.05, 3.63) is 48.2 Å². The quantitative estimate of drug-likeness (QED) is 0.614. The molecule has 7 heteroatoms. The SMILES string of the molecule is CC(C)Oc1ccc(C(=O)Oc2ccc(N3CCOC3=O)cc2)cn1. The molecule has 3 rings (SSSR count). The van der Waals surface area contributed by atoms with E-state index in [4.69, 9.17) is 14.2 Å². The Bertz CT molecular complexity index is 756. The Labute approximate surface area is 145 Å². The summed E-state index contributed by atoms with van der Waals surface area (Å²) in [6.45, 7) is 4.68. The van der Waals surface area contributed by atoms with Crippen molar-refractivity contribution in [3.63, 3.8) is 0 Å². The van der Waals surface area contributed by atoms with Gasteiger partial charge in [0, 0.05) is 18.0 Å². The van der Waals surface area contributed by atoms with Crippen LogP contribution >= 0.6 is 0 Å². The molecule has 0 saturated carbocycles. The van der Waals surface area contributed by atoms with E-state index in [9.17, 15) is 9.59 Å². The molecule has 0 aliphatic carbocycles. The van der Waals surface area contributed by atoms with Crippen LogP contribution in [0.2, 0.25) is 0 Å². The molecule has 1 aromatic heterocycles. The molecule has 0 radical (unpaired) electrons. The molecule has 2 heterocycles. The Balaban J connectivity index is 1.63. The average molecular weight is 342 g/mol. The predicted octanol–water partition coefficient (Wildman–Crippen LogP) is 3.04. The molecule has 1 aliphatic rings. The highest BCUT2D eigenvalue weighted by Gasteiger charge is 2.23. The van der Waals surface area contributed by atoms with E-state index in [2.05, 4.69) is 4.98 Å². The van der Waals surface area contributed by atoms with E-state index < -0.39 is 5.97 Å². The summed E-state index contributed by atoms with van der Waals surface area (Å²) in [5.41, 5.74) is 1.02. The normalized spacial score (nSPS) is 13.7. The van der Waals surface area contributed by atoms with Crippen molar-refractivity contribution >= 4 is 17.7 Å². The number of carbonyl (C=O) groups is 2. The van der Waals surface area contributed by atoms with Gasteiger partial charge >= 0.3 is 12.1 Å². The summed E-state index contributed by atoms with van der Waals surface area (Å²) in [4.78, 5) is 29.3. The molecule has 25 heavy (non-hydrogen) atoms. The first-order valence-electron chi connectivity index (χ1n) is 7.92. The Kier molecular flexibility index (Phi) is 4.83. The number of hydrogen-bond acceptors (Lipinski definition) is 6. The lowest BCUT2D eigenvalue weighted by Crippen LogP contribution is -2.23. The molecule has 0 spiro atoms. The second-order valence-electron chi connectivity index (χ2n) is 5.70. The molecule has 1 fully saturated rings. The van der Waals surface area contributed by atoms with Crippen LogP contribution in [0.3, 0.4) is 0 Å². The average Bonchev–Trinajstić information content (AvgIpc) is 3.02. The summed E-state index contributed by atoms with van der Waals surface area (Å²) in [5, 5.41) is 0. The van der Waals surface area contributed by atoms with Gasteiger partial charge in [0.25, 0.3) is 0 Å². The molecule has 0 atom stereocenters. The van der Waals surface area contributed by atoms with Gasteiger partial charge in [0.1, 0.15) is 12.4 Å². The summed E-state index contributed by atoms with van der Waals surface area (Å²) >= 11 is 0. The standard InChI is InChI=1S/C18H18N2O5/c1-12(2)24-16-8-3-13(11-19-16)17(21)25-15-6-4-14(5-7-15)20-9-10-23-18(20)22/h3-8,11-12H,9-10H2,1-2H3. The zero-order valence-corrected chi connectivity index (χ0v) is 14.0. The predicted molar refractivity (Wildman–Crippen MR) is 90.1 cm³/mol. The minimum Gasteiger partial charge on any atom is -0.475 e. The zero-order chi connectivity index (χ0) is 17.8. The third-order valence-corrected chi connectivity index (χ3v) is 3.45. The third kappa shape index (κ3) is 4.06. The van der Waals surface area contributed by atoms with Gasteiger partial charge in [-0.25, -0.2) is 14.6 Å². The highest BCUT2D eigenvalue weighted by molar-refractivity contribution is 5.91. The van der Waals surface area contributed by atoms with E-state index in [0.29, 0.717) is 36.0 Å². The van der Waals surface area contributed by atoms with Gasteiger partial charge in [0.2, 0.25) is 5.88 Å². The maximum Gasteiger partial charge on any atom is 0.414 e. The van der Waals surface area contributed by atoms with Crippen LogP contribution in [0.15, 0.2) is 42.6 Å². The first-order chi connectivity index (χ1) is 12.0. The van der Waals surface area contributed by atoms with Crippen LogP contribution in [0, 0.1) is 0 Å². The van der Waals surface area contributed by atoms with Gasteiger partial charge in [0.15, 0.2) is 0 Å². The maximum absolute atomic E-state index is 12.2.